The number of hydrogen-bond acceptors (Lipinski definition) is 4. The number of nitrogens with zero attached hydrogens (tertiary/aromatic N) is 2. The van der Waals surface area contributed by atoms with E-state index in [1.165, 1.54) is 12.3 Å². The third-order valence-corrected chi connectivity index (χ3v) is 3.89. The molecule has 3 rings (SSSR count). The predicted octanol–water partition coefficient (Wildman–Crippen LogP) is 4.82. The van der Waals surface area contributed by atoms with E-state index in [1.54, 1.807) is 13.0 Å². The average Bonchev–Trinajstić information content (AvgIpc) is 2.54. The minimum absolute atomic E-state index is 0.0384. The van der Waals surface area contributed by atoms with Gasteiger partial charge in [-0.25, -0.2) is 4.99 Å². The Balaban J connectivity index is 2.17. The zero-order valence-corrected chi connectivity index (χ0v) is 13.4. The summed E-state index contributed by atoms with van der Waals surface area (Å²) in [7, 11) is 0. The van der Waals surface area contributed by atoms with Crippen molar-refractivity contribution in [3.05, 3.63) is 75.3 Å². The lowest BCUT2D eigenvalue weighted by Crippen LogP contribution is -1.93. The van der Waals surface area contributed by atoms with Crippen molar-refractivity contribution < 1.29 is 10.0 Å². The molecule has 0 aliphatic heterocycles. The summed E-state index contributed by atoms with van der Waals surface area (Å²) in [6, 6.07) is 14.4. The molecule has 5 nitrogen and oxygen atoms in total. The Kier molecular flexibility index (Phi) is 4.00. The van der Waals surface area contributed by atoms with Gasteiger partial charge < -0.3 is 5.11 Å². The standard InChI is InChI=1S/C19H16N2O3/c1-12-9-13(2)19(17(10-12)21(23)24)20-11-16-15-6-4-3-5-14(15)7-8-18(16)22/h3-11,22H,1-2H3. The summed E-state index contributed by atoms with van der Waals surface area (Å²) in [6.45, 7) is 3.60. The molecule has 24 heavy (non-hydrogen) atoms. The Hall–Kier alpha value is -3.21. The number of phenols is 1. The summed E-state index contributed by atoms with van der Waals surface area (Å²) in [4.78, 5) is 15.2. The zero-order chi connectivity index (χ0) is 17.3. The number of benzene rings is 3. The van der Waals surface area contributed by atoms with Gasteiger partial charge in [-0.2, -0.15) is 0 Å². The summed E-state index contributed by atoms with van der Waals surface area (Å²) in [5.41, 5.74) is 2.34. The van der Waals surface area contributed by atoms with Crippen molar-refractivity contribution in [2.45, 2.75) is 13.8 Å². The van der Waals surface area contributed by atoms with Crippen LogP contribution in [-0.4, -0.2) is 16.2 Å². The van der Waals surface area contributed by atoms with Crippen molar-refractivity contribution in [2.24, 2.45) is 4.99 Å². The van der Waals surface area contributed by atoms with E-state index < -0.39 is 4.92 Å². The maximum absolute atomic E-state index is 11.3. The van der Waals surface area contributed by atoms with Gasteiger partial charge in [0.25, 0.3) is 5.69 Å². The molecule has 0 unspecified atom stereocenters. The highest BCUT2D eigenvalue weighted by Gasteiger charge is 2.16. The number of phenolic OH excluding ortho intramolecular Hbond substituents is 1. The smallest absolute Gasteiger partial charge is 0.295 e. The number of nitro groups is 1. The predicted molar refractivity (Wildman–Crippen MR) is 95.4 cm³/mol. The second-order valence-electron chi connectivity index (χ2n) is 5.68. The van der Waals surface area contributed by atoms with Gasteiger partial charge in [-0.3, -0.25) is 10.1 Å². The molecule has 0 spiro atoms. The molecule has 0 fully saturated rings. The Morgan fingerprint density at radius 3 is 2.62 bits per heavy atom. The van der Waals surface area contributed by atoms with Crippen LogP contribution in [0.2, 0.25) is 0 Å². The van der Waals surface area contributed by atoms with Crippen molar-refractivity contribution in [3.8, 4) is 5.75 Å². The molecule has 120 valence electrons. The molecule has 5 heteroatoms. The van der Waals surface area contributed by atoms with Crippen LogP contribution in [0.1, 0.15) is 16.7 Å². The SMILES string of the molecule is Cc1cc(C)c(N=Cc2c(O)ccc3ccccc23)c([N+](=O)[O-])c1. The van der Waals surface area contributed by atoms with E-state index in [0.29, 0.717) is 11.3 Å². The Labute approximate surface area is 139 Å². The van der Waals surface area contributed by atoms with Crippen molar-refractivity contribution in [3.63, 3.8) is 0 Å². The van der Waals surface area contributed by atoms with E-state index in [4.69, 9.17) is 0 Å². The lowest BCUT2D eigenvalue weighted by Gasteiger charge is -2.06. The normalized spacial score (nSPS) is 11.2. The zero-order valence-electron chi connectivity index (χ0n) is 13.4. The van der Waals surface area contributed by atoms with E-state index in [0.717, 1.165) is 21.9 Å². The topological polar surface area (TPSA) is 75.7 Å². The molecule has 0 radical (unpaired) electrons. The van der Waals surface area contributed by atoms with Crippen molar-refractivity contribution in [1.82, 2.24) is 0 Å². The number of rotatable bonds is 3. The van der Waals surface area contributed by atoms with E-state index in [1.807, 2.05) is 43.3 Å². The third kappa shape index (κ3) is 2.84. The minimum atomic E-state index is -0.435. The van der Waals surface area contributed by atoms with Gasteiger partial charge >= 0.3 is 0 Å². The van der Waals surface area contributed by atoms with Crippen LogP contribution in [0.5, 0.6) is 5.75 Å². The van der Waals surface area contributed by atoms with Crippen LogP contribution < -0.4 is 0 Å². The number of nitro benzene ring substituents is 1. The van der Waals surface area contributed by atoms with Crippen LogP contribution in [0.4, 0.5) is 11.4 Å². The first-order valence-electron chi connectivity index (χ1n) is 7.48. The highest BCUT2D eigenvalue weighted by Crippen LogP contribution is 2.33. The van der Waals surface area contributed by atoms with Crippen LogP contribution >= 0.6 is 0 Å². The van der Waals surface area contributed by atoms with Crippen LogP contribution in [-0.2, 0) is 0 Å². The lowest BCUT2D eigenvalue weighted by atomic mass is 10.0. The second kappa shape index (κ2) is 6.12. The number of aliphatic imine (C=N–C) groups is 1. The Bertz CT molecular complexity index is 978. The molecule has 3 aromatic carbocycles. The van der Waals surface area contributed by atoms with Crippen LogP contribution in [0.15, 0.2) is 53.5 Å². The van der Waals surface area contributed by atoms with Crippen LogP contribution in [0.25, 0.3) is 10.8 Å². The fraction of sp³-hybridized carbons (Fsp3) is 0.105. The molecule has 0 bridgehead atoms. The molecule has 0 aliphatic carbocycles. The summed E-state index contributed by atoms with van der Waals surface area (Å²) in [5.74, 6) is 0.0878. The molecule has 0 saturated heterocycles. The number of aryl methyl sites for hydroxylation is 2. The van der Waals surface area contributed by atoms with Gasteiger partial charge in [0.2, 0.25) is 0 Å². The summed E-state index contributed by atoms with van der Waals surface area (Å²) in [5, 5.41) is 23.3. The van der Waals surface area contributed by atoms with E-state index in [9.17, 15) is 15.2 Å². The molecule has 0 aromatic heterocycles. The fourth-order valence-corrected chi connectivity index (χ4v) is 2.79. The molecule has 1 N–H and O–H groups in total. The van der Waals surface area contributed by atoms with Gasteiger partial charge in [-0.1, -0.05) is 36.4 Å². The van der Waals surface area contributed by atoms with Crippen LogP contribution in [0.3, 0.4) is 0 Å². The molecule has 0 aliphatic rings. The summed E-state index contributed by atoms with van der Waals surface area (Å²) in [6.07, 6.45) is 1.49. The first-order chi connectivity index (χ1) is 11.5. The van der Waals surface area contributed by atoms with Gasteiger partial charge in [-0.15, -0.1) is 0 Å². The molecule has 3 aromatic rings. The number of hydrogen-bond donors (Lipinski definition) is 1. The summed E-state index contributed by atoms with van der Waals surface area (Å²) < 4.78 is 0. The largest absolute Gasteiger partial charge is 0.507 e. The van der Waals surface area contributed by atoms with Gasteiger partial charge in [-0.05, 0) is 41.8 Å². The second-order valence-corrected chi connectivity index (χ2v) is 5.68. The minimum Gasteiger partial charge on any atom is -0.507 e. The van der Waals surface area contributed by atoms with Crippen molar-refractivity contribution in [2.75, 3.05) is 0 Å². The molecular formula is C19H16N2O3. The first kappa shape index (κ1) is 15.7. The van der Waals surface area contributed by atoms with Gasteiger partial charge in [0, 0.05) is 17.8 Å². The Morgan fingerprint density at radius 2 is 1.88 bits per heavy atom. The first-order valence-corrected chi connectivity index (χ1v) is 7.48. The third-order valence-electron chi connectivity index (χ3n) is 3.89. The van der Waals surface area contributed by atoms with Gasteiger partial charge in [0.15, 0.2) is 0 Å². The maximum atomic E-state index is 11.3. The highest BCUT2D eigenvalue weighted by atomic mass is 16.6. The molecule has 0 amide bonds. The molecular weight excluding hydrogens is 304 g/mol. The van der Waals surface area contributed by atoms with Gasteiger partial charge in [0.1, 0.15) is 11.4 Å². The molecule has 0 atom stereocenters. The summed E-state index contributed by atoms with van der Waals surface area (Å²) >= 11 is 0. The molecule has 0 heterocycles. The van der Waals surface area contributed by atoms with E-state index in [2.05, 4.69) is 4.99 Å². The highest BCUT2D eigenvalue weighted by molar-refractivity contribution is 6.03. The lowest BCUT2D eigenvalue weighted by molar-refractivity contribution is -0.384. The van der Waals surface area contributed by atoms with E-state index in [-0.39, 0.29) is 11.4 Å². The van der Waals surface area contributed by atoms with Crippen molar-refractivity contribution >= 4 is 28.4 Å². The quantitative estimate of drug-likeness (QED) is 0.427. The van der Waals surface area contributed by atoms with Crippen LogP contribution in [0, 0.1) is 24.0 Å². The van der Waals surface area contributed by atoms with E-state index >= 15 is 0 Å². The number of aromatic hydroxyl groups is 1. The average molecular weight is 320 g/mol. The van der Waals surface area contributed by atoms with Gasteiger partial charge in [0.05, 0.1) is 4.92 Å². The monoisotopic (exact) mass is 320 g/mol. The Morgan fingerprint density at radius 1 is 1.12 bits per heavy atom. The van der Waals surface area contributed by atoms with Crippen molar-refractivity contribution in [1.29, 1.82) is 0 Å². The molecule has 0 saturated carbocycles. The maximum Gasteiger partial charge on any atom is 0.295 e. The number of fused-ring (bicyclic) bond motifs is 1. The fourth-order valence-electron chi connectivity index (χ4n) is 2.79.